The number of rotatable bonds is 4. The van der Waals surface area contributed by atoms with Gasteiger partial charge >= 0.3 is 0 Å². The zero-order chi connectivity index (χ0) is 18.5. The van der Waals surface area contributed by atoms with Crippen LogP contribution in [0.25, 0.3) is 22.9 Å². The van der Waals surface area contributed by atoms with E-state index < -0.39 is 0 Å². The van der Waals surface area contributed by atoms with Gasteiger partial charge in [0.15, 0.2) is 0 Å². The summed E-state index contributed by atoms with van der Waals surface area (Å²) in [5.74, 6) is 0. The largest absolute Gasteiger partial charge is 0.256 e. The maximum absolute atomic E-state index is 4.63. The van der Waals surface area contributed by atoms with E-state index in [0.717, 1.165) is 5.69 Å². The molecule has 130 valence electrons. The summed E-state index contributed by atoms with van der Waals surface area (Å²) >= 11 is 0. The fourth-order valence-corrected chi connectivity index (χ4v) is 3.39. The summed E-state index contributed by atoms with van der Waals surface area (Å²) in [6.07, 6.45) is 4.12. The van der Waals surface area contributed by atoms with Gasteiger partial charge in [0, 0.05) is 11.8 Å². The molecular formula is C26H21N. The van der Waals surface area contributed by atoms with E-state index in [1.807, 2.05) is 24.4 Å². The van der Waals surface area contributed by atoms with E-state index in [0.29, 0.717) is 0 Å². The highest BCUT2D eigenvalue weighted by molar-refractivity contribution is 5.96. The Morgan fingerprint density at radius 2 is 1.41 bits per heavy atom. The molecular weight excluding hydrogens is 326 g/mol. The van der Waals surface area contributed by atoms with Crippen LogP contribution in [0.3, 0.4) is 0 Å². The molecule has 0 aliphatic heterocycles. The first-order valence-electron chi connectivity index (χ1n) is 9.16. The Balaban J connectivity index is 1.97. The zero-order valence-corrected chi connectivity index (χ0v) is 15.3. The van der Waals surface area contributed by atoms with E-state index in [4.69, 9.17) is 0 Å². The van der Waals surface area contributed by atoms with Crippen LogP contribution in [0.15, 0.2) is 103 Å². The third-order valence-electron chi connectivity index (χ3n) is 4.68. The second kappa shape index (κ2) is 7.84. The first-order valence-corrected chi connectivity index (χ1v) is 9.16. The summed E-state index contributed by atoms with van der Waals surface area (Å²) in [6.45, 7) is 2.15. The summed E-state index contributed by atoms with van der Waals surface area (Å²) < 4.78 is 0. The molecule has 4 rings (SSSR count). The molecule has 0 aliphatic carbocycles. The van der Waals surface area contributed by atoms with Crippen molar-refractivity contribution < 1.29 is 0 Å². The van der Waals surface area contributed by atoms with Crippen LogP contribution in [0.4, 0.5) is 0 Å². The number of nitrogens with zero attached hydrogens (tertiary/aromatic N) is 1. The molecule has 0 amide bonds. The van der Waals surface area contributed by atoms with E-state index in [1.165, 1.54) is 33.4 Å². The third kappa shape index (κ3) is 3.73. The number of benzene rings is 3. The average molecular weight is 347 g/mol. The predicted molar refractivity (Wildman–Crippen MR) is 114 cm³/mol. The lowest BCUT2D eigenvalue weighted by Crippen LogP contribution is -1.96. The third-order valence-corrected chi connectivity index (χ3v) is 4.68. The van der Waals surface area contributed by atoms with Gasteiger partial charge in [-0.25, -0.2) is 0 Å². The quantitative estimate of drug-likeness (QED) is 0.377. The van der Waals surface area contributed by atoms with Gasteiger partial charge in [-0.15, -0.1) is 0 Å². The minimum atomic E-state index is 1.00. The van der Waals surface area contributed by atoms with Crippen molar-refractivity contribution in [3.63, 3.8) is 0 Å². The summed E-state index contributed by atoms with van der Waals surface area (Å²) in [7, 11) is 0. The van der Waals surface area contributed by atoms with E-state index in [1.54, 1.807) is 0 Å². The SMILES string of the molecule is Cc1cccc(/C(=C/c2ccccc2)c2ccccc2)c1-c1ccccn1. The van der Waals surface area contributed by atoms with Gasteiger partial charge in [0.25, 0.3) is 0 Å². The van der Waals surface area contributed by atoms with E-state index in [-0.39, 0.29) is 0 Å². The Morgan fingerprint density at radius 3 is 2.11 bits per heavy atom. The second-order valence-electron chi connectivity index (χ2n) is 6.55. The molecule has 4 aromatic rings. The summed E-state index contributed by atoms with van der Waals surface area (Å²) in [4.78, 5) is 4.63. The highest BCUT2D eigenvalue weighted by atomic mass is 14.7. The van der Waals surface area contributed by atoms with Crippen LogP contribution in [-0.2, 0) is 0 Å². The Hall–Kier alpha value is -3.45. The molecule has 0 fully saturated rings. The van der Waals surface area contributed by atoms with Gasteiger partial charge < -0.3 is 0 Å². The molecule has 0 atom stereocenters. The minimum Gasteiger partial charge on any atom is -0.256 e. The van der Waals surface area contributed by atoms with Crippen LogP contribution in [0.1, 0.15) is 22.3 Å². The Bertz CT molecular complexity index is 1050. The van der Waals surface area contributed by atoms with E-state index in [2.05, 4.69) is 96.8 Å². The van der Waals surface area contributed by atoms with Crippen LogP contribution >= 0.6 is 0 Å². The van der Waals surface area contributed by atoms with E-state index in [9.17, 15) is 0 Å². The van der Waals surface area contributed by atoms with Crippen molar-refractivity contribution in [2.24, 2.45) is 0 Å². The molecule has 0 spiro atoms. The Labute approximate surface area is 160 Å². The molecule has 1 nitrogen and oxygen atoms in total. The Kier molecular flexibility index (Phi) is 4.93. The zero-order valence-electron chi connectivity index (χ0n) is 15.3. The van der Waals surface area contributed by atoms with Gasteiger partial charge in [0.2, 0.25) is 0 Å². The van der Waals surface area contributed by atoms with Crippen molar-refractivity contribution in [2.75, 3.05) is 0 Å². The molecule has 1 heterocycles. The number of aromatic nitrogens is 1. The predicted octanol–water partition coefficient (Wildman–Crippen LogP) is 6.65. The second-order valence-corrected chi connectivity index (χ2v) is 6.55. The molecule has 27 heavy (non-hydrogen) atoms. The van der Waals surface area contributed by atoms with Gasteiger partial charge in [-0.2, -0.15) is 0 Å². The summed E-state index contributed by atoms with van der Waals surface area (Å²) in [5, 5.41) is 0. The minimum absolute atomic E-state index is 1.00. The molecule has 0 unspecified atom stereocenters. The van der Waals surface area contributed by atoms with Gasteiger partial charge in [0.1, 0.15) is 0 Å². The topological polar surface area (TPSA) is 12.9 Å². The standard InChI is InChI=1S/C26H21N/c1-20-11-10-16-23(26(20)25-17-8-9-18-27-25)24(22-14-6-3-7-15-22)19-21-12-4-2-5-13-21/h2-19H,1H3/b24-19+. The molecule has 0 saturated carbocycles. The van der Waals surface area contributed by atoms with Crippen LogP contribution in [-0.4, -0.2) is 4.98 Å². The van der Waals surface area contributed by atoms with Crippen molar-refractivity contribution in [1.29, 1.82) is 0 Å². The van der Waals surface area contributed by atoms with Gasteiger partial charge in [-0.3, -0.25) is 4.98 Å². The number of aryl methyl sites for hydroxylation is 1. The summed E-state index contributed by atoms with van der Waals surface area (Å²) in [5.41, 5.74) is 8.19. The number of hydrogen-bond donors (Lipinski definition) is 0. The summed E-state index contributed by atoms with van der Waals surface area (Å²) in [6, 6.07) is 33.6. The molecule has 1 heteroatoms. The average Bonchev–Trinajstić information content (AvgIpc) is 2.74. The van der Waals surface area contributed by atoms with E-state index >= 15 is 0 Å². The van der Waals surface area contributed by atoms with Crippen molar-refractivity contribution in [3.05, 3.63) is 126 Å². The molecule has 3 aromatic carbocycles. The normalized spacial score (nSPS) is 11.4. The molecule has 0 saturated heterocycles. The lowest BCUT2D eigenvalue weighted by molar-refractivity contribution is 1.30. The smallest absolute Gasteiger partial charge is 0.0710 e. The lowest BCUT2D eigenvalue weighted by atomic mass is 9.88. The monoisotopic (exact) mass is 347 g/mol. The Morgan fingerprint density at radius 1 is 0.704 bits per heavy atom. The fraction of sp³-hybridized carbons (Fsp3) is 0.0385. The van der Waals surface area contributed by atoms with Crippen molar-refractivity contribution in [1.82, 2.24) is 4.98 Å². The van der Waals surface area contributed by atoms with Gasteiger partial charge in [-0.1, -0.05) is 84.9 Å². The van der Waals surface area contributed by atoms with Crippen LogP contribution in [0.2, 0.25) is 0 Å². The fourth-order valence-electron chi connectivity index (χ4n) is 3.39. The van der Waals surface area contributed by atoms with Gasteiger partial charge in [0.05, 0.1) is 5.69 Å². The van der Waals surface area contributed by atoms with Crippen LogP contribution in [0, 0.1) is 6.92 Å². The van der Waals surface area contributed by atoms with Crippen molar-refractivity contribution in [2.45, 2.75) is 6.92 Å². The van der Waals surface area contributed by atoms with Crippen LogP contribution < -0.4 is 0 Å². The highest BCUT2D eigenvalue weighted by Gasteiger charge is 2.14. The molecule has 0 radical (unpaired) electrons. The first kappa shape index (κ1) is 17.0. The molecule has 0 N–H and O–H groups in total. The van der Waals surface area contributed by atoms with Crippen LogP contribution in [0.5, 0.6) is 0 Å². The maximum Gasteiger partial charge on any atom is 0.0710 e. The number of hydrogen-bond acceptors (Lipinski definition) is 1. The number of pyridine rings is 1. The lowest BCUT2D eigenvalue weighted by Gasteiger charge is -2.16. The molecule has 1 aromatic heterocycles. The first-order chi connectivity index (χ1) is 13.3. The van der Waals surface area contributed by atoms with Gasteiger partial charge in [-0.05, 0) is 53.0 Å². The van der Waals surface area contributed by atoms with Crippen molar-refractivity contribution >= 4 is 11.6 Å². The highest BCUT2D eigenvalue weighted by Crippen LogP contribution is 2.35. The molecule has 0 aliphatic rings. The van der Waals surface area contributed by atoms with Crippen molar-refractivity contribution in [3.8, 4) is 11.3 Å². The maximum atomic E-state index is 4.63. The molecule has 0 bridgehead atoms.